The van der Waals surface area contributed by atoms with E-state index in [1.807, 2.05) is 6.92 Å². The van der Waals surface area contributed by atoms with Crippen LogP contribution in [0.3, 0.4) is 0 Å². The summed E-state index contributed by atoms with van der Waals surface area (Å²) in [5.41, 5.74) is 8.15. The van der Waals surface area contributed by atoms with Crippen molar-refractivity contribution in [1.29, 1.82) is 0 Å². The Morgan fingerprint density at radius 1 is 1.43 bits per heavy atom. The minimum atomic E-state index is -0.277. The monoisotopic (exact) mass is 309 g/mol. The number of carbonyl (C=O) groups excluding carboxylic acids is 1. The molecular formula is C15H23N3O2S. The van der Waals surface area contributed by atoms with Gasteiger partial charge in [0, 0.05) is 25.2 Å². The number of hydrogen-bond acceptors (Lipinski definition) is 6. The molecule has 2 heterocycles. The van der Waals surface area contributed by atoms with Crippen LogP contribution in [-0.4, -0.2) is 38.8 Å². The fourth-order valence-electron chi connectivity index (χ4n) is 2.84. The number of nitrogens with two attached hydrogens (primary N) is 1. The summed E-state index contributed by atoms with van der Waals surface area (Å²) < 4.78 is 5.15. The van der Waals surface area contributed by atoms with E-state index in [9.17, 15) is 4.79 Å². The van der Waals surface area contributed by atoms with E-state index in [1.165, 1.54) is 34.7 Å². The molecule has 0 radical (unpaired) electrons. The van der Waals surface area contributed by atoms with Gasteiger partial charge in [-0.1, -0.05) is 0 Å². The molecule has 0 amide bonds. The van der Waals surface area contributed by atoms with E-state index in [1.54, 1.807) is 0 Å². The molecule has 1 saturated heterocycles. The maximum atomic E-state index is 12.1. The lowest BCUT2D eigenvalue weighted by Crippen LogP contribution is -2.27. The van der Waals surface area contributed by atoms with Crippen molar-refractivity contribution in [1.82, 2.24) is 5.32 Å². The molecule has 0 bridgehead atoms. The van der Waals surface area contributed by atoms with Crippen LogP contribution >= 0.6 is 11.3 Å². The maximum Gasteiger partial charge on any atom is 0.350 e. The van der Waals surface area contributed by atoms with Gasteiger partial charge in [0.15, 0.2) is 0 Å². The predicted molar refractivity (Wildman–Crippen MR) is 86.4 cm³/mol. The van der Waals surface area contributed by atoms with Crippen LogP contribution in [0.4, 0.5) is 10.7 Å². The Morgan fingerprint density at radius 3 is 2.95 bits per heavy atom. The highest BCUT2D eigenvalue weighted by atomic mass is 32.1. The summed E-state index contributed by atoms with van der Waals surface area (Å²) in [6.07, 6.45) is 3.49. The van der Waals surface area contributed by atoms with Crippen molar-refractivity contribution >= 4 is 28.0 Å². The summed E-state index contributed by atoms with van der Waals surface area (Å²) in [7, 11) is 0. The first-order chi connectivity index (χ1) is 10.2. The third-order valence-electron chi connectivity index (χ3n) is 4.04. The molecule has 1 aromatic heterocycles. The summed E-state index contributed by atoms with van der Waals surface area (Å²) in [5, 5.41) is 4.61. The first kappa shape index (κ1) is 14.7. The largest absolute Gasteiger partial charge is 0.462 e. The lowest BCUT2D eigenvalue weighted by molar-refractivity contribution is 0.0533. The molecule has 1 aliphatic carbocycles. The number of carbonyl (C=O) groups is 1. The Kier molecular flexibility index (Phi) is 4.35. The molecule has 0 unspecified atom stereocenters. The Bertz CT molecular complexity index is 517. The Labute approximate surface area is 129 Å². The molecule has 1 aliphatic heterocycles. The van der Waals surface area contributed by atoms with Gasteiger partial charge in [-0.15, -0.1) is 11.3 Å². The molecule has 0 aromatic carbocycles. The lowest BCUT2D eigenvalue weighted by Gasteiger charge is -2.22. The number of nitrogens with one attached hydrogen (secondary N) is 1. The number of anilines is 2. The van der Waals surface area contributed by atoms with Crippen LogP contribution in [0.1, 0.15) is 47.3 Å². The van der Waals surface area contributed by atoms with Gasteiger partial charge in [-0.05, 0) is 38.6 Å². The van der Waals surface area contributed by atoms with Gasteiger partial charge < -0.3 is 20.7 Å². The summed E-state index contributed by atoms with van der Waals surface area (Å²) in [4.78, 5) is 15.1. The summed E-state index contributed by atoms with van der Waals surface area (Å²) >= 11 is 1.52. The maximum absolute atomic E-state index is 12.1. The van der Waals surface area contributed by atoms with E-state index in [2.05, 4.69) is 10.2 Å². The van der Waals surface area contributed by atoms with Crippen LogP contribution in [0.15, 0.2) is 0 Å². The van der Waals surface area contributed by atoms with Crippen molar-refractivity contribution in [3.8, 4) is 0 Å². The van der Waals surface area contributed by atoms with Crippen LogP contribution in [0.5, 0.6) is 0 Å². The standard InChI is InChI=1S/C15H23N3O2S/c1-2-20-15(19)13-12(16)11(10-4-5-10)14(21-13)18-8-3-6-17-7-9-18/h10,17H,2-9,16H2,1H3. The van der Waals surface area contributed by atoms with Gasteiger partial charge in [0.2, 0.25) is 0 Å². The third-order valence-corrected chi connectivity index (χ3v) is 5.30. The van der Waals surface area contributed by atoms with E-state index in [0.29, 0.717) is 23.1 Å². The van der Waals surface area contributed by atoms with Crippen molar-refractivity contribution in [3.05, 3.63) is 10.4 Å². The molecule has 5 nitrogen and oxygen atoms in total. The molecule has 1 saturated carbocycles. The normalized spacial score (nSPS) is 19.4. The highest BCUT2D eigenvalue weighted by molar-refractivity contribution is 7.18. The number of thiophene rings is 1. The fraction of sp³-hybridized carbons (Fsp3) is 0.667. The predicted octanol–water partition coefficient (Wildman–Crippen LogP) is 2.18. The third kappa shape index (κ3) is 3.01. The minimum absolute atomic E-state index is 0.277. The first-order valence-electron chi connectivity index (χ1n) is 7.77. The Morgan fingerprint density at radius 2 is 2.24 bits per heavy atom. The smallest absolute Gasteiger partial charge is 0.350 e. The summed E-state index contributed by atoms with van der Waals surface area (Å²) in [6, 6.07) is 0. The van der Waals surface area contributed by atoms with Crippen molar-refractivity contribution < 1.29 is 9.53 Å². The molecule has 2 fully saturated rings. The Hall–Kier alpha value is -1.27. The van der Waals surface area contributed by atoms with Gasteiger partial charge in [0.1, 0.15) is 4.88 Å². The lowest BCUT2D eigenvalue weighted by atomic mass is 10.1. The van der Waals surface area contributed by atoms with Crippen molar-refractivity contribution in [2.45, 2.75) is 32.1 Å². The quantitative estimate of drug-likeness (QED) is 0.835. The van der Waals surface area contributed by atoms with Crippen LogP contribution < -0.4 is 16.0 Å². The second-order valence-electron chi connectivity index (χ2n) is 5.65. The average molecular weight is 309 g/mol. The summed E-state index contributed by atoms with van der Waals surface area (Å²) in [5.74, 6) is 0.261. The molecule has 3 N–H and O–H groups in total. The van der Waals surface area contributed by atoms with Crippen LogP contribution in [0, 0.1) is 0 Å². The van der Waals surface area contributed by atoms with Crippen LogP contribution in [0.25, 0.3) is 0 Å². The zero-order valence-electron chi connectivity index (χ0n) is 12.5. The molecule has 116 valence electrons. The SMILES string of the molecule is CCOC(=O)c1sc(N2CCCNCC2)c(C2CC2)c1N. The zero-order chi connectivity index (χ0) is 14.8. The van der Waals surface area contributed by atoms with Crippen LogP contribution in [-0.2, 0) is 4.74 Å². The molecule has 0 atom stereocenters. The van der Waals surface area contributed by atoms with Gasteiger partial charge in [0.05, 0.1) is 17.3 Å². The molecule has 21 heavy (non-hydrogen) atoms. The van der Waals surface area contributed by atoms with Gasteiger partial charge in [-0.3, -0.25) is 0 Å². The van der Waals surface area contributed by atoms with E-state index in [-0.39, 0.29) is 5.97 Å². The second-order valence-corrected chi connectivity index (χ2v) is 6.65. The number of esters is 1. The highest BCUT2D eigenvalue weighted by Crippen LogP contribution is 2.52. The van der Waals surface area contributed by atoms with Gasteiger partial charge >= 0.3 is 5.97 Å². The van der Waals surface area contributed by atoms with E-state index < -0.39 is 0 Å². The highest BCUT2D eigenvalue weighted by Gasteiger charge is 2.35. The van der Waals surface area contributed by atoms with Crippen molar-refractivity contribution in [2.75, 3.05) is 43.4 Å². The molecule has 2 aliphatic rings. The molecule has 0 spiro atoms. The summed E-state index contributed by atoms with van der Waals surface area (Å²) in [6.45, 7) is 6.25. The van der Waals surface area contributed by atoms with E-state index in [0.717, 1.165) is 32.6 Å². The van der Waals surface area contributed by atoms with E-state index >= 15 is 0 Å². The first-order valence-corrected chi connectivity index (χ1v) is 8.59. The fourth-order valence-corrected chi connectivity index (χ4v) is 4.10. The van der Waals surface area contributed by atoms with Gasteiger partial charge in [-0.25, -0.2) is 4.79 Å². The van der Waals surface area contributed by atoms with Gasteiger partial charge in [0.25, 0.3) is 0 Å². The minimum Gasteiger partial charge on any atom is -0.462 e. The number of hydrogen-bond donors (Lipinski definition) is 2. The molecule has 6 heteroatoms. The van der Waals surface area contributed by atoms with E-state index in [4.69, 9.17) is 10.5 Å². The van der Waals surface area contributed by atoms with Crippen molar-refractivity contribution in [2.24, 2.45) is 0 Å². The second kappa shape index (κ2) is 6.23. The molecule has 1 aromatic rings. The number of ether oxygens (including phenoxy) is 1. The molecule has 3 rings (SSSR count). The zero-order valence-corrected chi connectivity index (χ0v) is 13.3. The number of rotatable bonds is 4. The number of nitrogens with zero attached hydrogens (tertiary/aromatic N) is 1. The Balaban J connectivity index is 1.94. The molecular weight excluding hydrogens is 286 g/mol. The van der Waals surface area contributed by atoms with Gasteiger partial charge in [-0.2, -0.15) is 0 Å². The number of nitrogen functional groups attached to an aromatic ring is 1. The van der Waals surface area contributed by atoms with Crippen LogP contribution in [0.2, 0.25) is 0 Å². The average Bonchev–Trinajstić information content (AvgIpc) is 3.27. The topological polar surface area (TPSA) is 67.6 Å². The van der Waals surface area contributed by atoms with Crippen molar-refractivity contribution in [3.63, 3.8) is 0 Å².